The second kappa shape index (κ2) is 21.2. The molecule has 14 atom stereocenters. The third-order valence-electron chi connectivity index (χ3n) is 17.4. The maximum atomic E-state index is 13.2. The van der Waals surface area contributed by atoms with Crippen LogP contribution < -0.4 is 0 Å². The van der Waals surface area contributed by atoms with Crippen LogP contribution in [0.4, 0.5) is 0 Å². The Morgan fingerprint density at radius 2 is 1.30 bits per heavy atom. The van der Waals surface area contributed by atoms with Gasteiger partial charge in [0.1, 0.15) is 18.0 Å². The fraction of sp³-hybridized carbons (Fsp3) is 0.667. The highest BCUT2D eigenvalue weighted by Crippen LogP contribution is 2.68. The molecular formula is C57H80O6. The molecule has 0 radical (unpaired) electrons. The van der Waals surface area contributed by atoms with Crippen molar-refractivity contribution in [2.45, 2.75) is 176 Å². The summed E-state index contributed by atoms with van der Waals surface area (Å²) < 4.78 is 34.6. The largest absolute Gasteiger partial charge is 0.374 e. The Morgan fingerprint density at radius 1 is 0.698 bits per heavy atom. The van der Waals surface area contributed by atoms with Crippen LogP contribution in [0.15, 0.2) is 91.0 Å². The van der Waals surface area contributed by atoms with Crippen molar-refractivity contribution >= 4 is 5.78 Å². The highest BCUT2D eigenvalue weighted by Gasteiger charge is 2.61. The van der Waals surface area contributed by atoms with Crippen molar-refractivity contribution in [3.63, 3.8) is 0 Å². The van der Waals surface area contributed by atoms with E-state index in [1.807, 2.05) is 54.6 Å². The molecule has 1 aliphatic heterocycles. The second-order valence-electron chi connectivity index (χ2n) is 21.9. The summed E-state index contributed by atoms with van der Waals surface area (Å²) in [5.74, 6) is 5.51. The first kappa shape index (κ1) is 46.7. The maximum Gasteiger partial charge on any atom is 0.164 e. The van der Waals surface area contributed by atoms with Gasteiger partial charge in [0.2, 0.25) is 0 Å². The average molecular weight is 861 g/mol. The summed E-state index contributed by atoms with van der Waals surface area (Å²) in [5, 5.41) is 0. The third kappa shape index (κ3) is 10.9. The van der Waals surface area contributed by atoms with Crippen molar-refractivity contribution in [2.75, 3.05) is 6.61 Å². The van der Waals surface area contributed by atoms with Crippen LogP contribution >= 0.6 is 0 Å². The molecule has 1 saturated heterocycles. The number of benzene rings is 3. The molecule has 63 heavy (non-hydrogen) atoms. The summed E-state index contributed by atoms with van der Waals surface area (Å²) in [7, 11) is 0. The van der Waals surface area contributed by atoms with E-state index in [9.17, 15) is 4.79 Å². The van der Waals surface area contributed by atoms with E-state index < -0.39 is 24.6 Å². The number of carbonyl (C=O) groups is 1. The molecule has 4 aliphatic carbocycles. The lowest BCUT2D eigenvalue weighted by Crippen LogP contribution is -2.59. The molecule has 4 saturated carbocycles. The lowest BCUT2D eigenvalue weighted by atomic mass is 9.44. The monoisotopic (exact) mass is 861 g/mol. The van der Waals surface area contributed by atoms with Gasteiger partial charge in [0.15, 0.2) is 6.29 Å². The molecule has 1 heterocycles. The van der Waals surface area contributed by atoms with E-state index in [2.05, 4.69) is 71.0 Å². The summed E-state index contributed by atoms with van der Waals surface area (Å²) in [6.45, 7) is 16.0. The minimum absolute atomic E-state index is 0.0675. The standard InChI is InChI=1S/C57H80O6/c1-39(2)17-16-18-40(3)49-27-28-50-47-26-25-45-34-46(29-31-56(45,5)51(47)30-32-57(49,50)6)62-55-48(33-41(4)58)53(60-36-43-21-12-8-13-22-43)54(61-37-44-23-14-9-15-24-44)52(63-55)38-59-35-42-19-10-7-11-20-42/h7-15,19-24,39-40,45-55H,16-18,25-38H2,1-6H3/t40-,45+,46+,47+,48-,49-,50+,51+,52-,53-,54-,55-,56+,57-/m1/s1. The van der Waals surface area contributed by atoms with Crippen LogP contribution in [0.5, 0.6) is 0 Å². The Kier molecular flexibility index (Phi) is 15.7. The Morgan fingerprint density at radius 3 is 1.94 bits per heavy atom. The van der Waals surface area contributed by atoms with Crippen LogP contribution in [0.2, 0.25) is 0 Å². The van der Waals surface area contributed by atoms with E-state index in [1.165, 1.54) is 64.2 Å². The van der Waals surface area contributed by atoms with E-state index in [-0.39, 0.29) is 17.8 Å². The average Bonchev–Trinajstić information content (AvgIpc) is 3.64. The summed E-state index contributed by atoms with van der Waals surface area (Å²) >= 11 is 0. The molecule has 0 bridgehead atoms. The second-order valence-corrected chi connectivity index (χ2v) is 21.9. The van der Waals surface area contributed by atoms with E-state index in [4.69, 9.17) is 23.7 Å². The minimum atomic E-state index is -0.615. The smallest absolute Gasteiger partial charge is 0.164 e. The molecule has 3 aromatic carbocycles. The summed E-state index contributed by atoms with van der Waals surface area (Å²) in [4.78, 5) is 13.2. The van der Waals surface area contributed by atoms with Gasteiger partial charge < -0.3 is 28.5 Å². The maximum absolute atomic E-state index is 13.2. The van der Waals surface area contributed by atoms with E-state index >= 15 is 0 Å². The van der Waals surface area contributed by atoms with Crippen LogP contribution in [-0.2, 0) is 48.3 Å². The molecule has 0 N–H and O–H groups in total. The van der Waals surface area contributed by atoms with E-state index in [1.54, 1.807) is 6.92 Å². The highest BCUT2D eigenvalue weighted by atomic mass is 16.7. The minimum Gasteiger partial charge on any atom is -0.374 e. The molecule has 344 valence electrons. The van der Waals surface area contributed by atoms with Gasteiger partial charge in [-0.2, -0.15) is 0 Å². The van der Waals surface area contributed by atoms with Gasteiger partial charge in [-0.25, -0.2) is 0 Å². The van der Waals surface area contributed by atoms with Crippen LogP contribution in [0.3, 0.4) is 0 Å². The van der Waals surface area contributed by atoms with Crippen LogP contribution in [0.1, 0.15) is 142 Å². The number of rotatable bonds is 19. The van der Waals surface area contributed by atoms with Crippen molar-refractivity contribution in [1.82, 2.24) is 0 Å². The third-order valence-corrected chi connectivity index (χ3v) is 17.4. The van der Waals surface area contributed by atoms with E-state index in [0.29, 0.717) is 49.6 Å². The first-order valence-corrected chi connectivity index (χ1v) is 25.2. The van der Waals surface area contributed by atoms with Gasteiger partial charge in [-0.15, -0.1) is 0 Å². The van der Waals surface area contributed by atoms with Crippen molar-refractivity contribution in [1.29, 1.82) is 0 Å². The molecule has 0 unspecified atom stereocenters. The van der Waals surface area contributed by atoms with Gasteiger partial charge >= 0.3 is 0 Å². The molecule has 6 nitrogen and oxygen atoms in total. The molecule has 8 rings (SSSR count). The fourth-order valence-electron chi connectivity index (χ4n) is 14.1. The zero-order valence-electron chi connectivity index (χ0n) is 39.6. The van der Waals surface area contributed by atoms with Gasteiger partial charge in [-0.3, -0.25) is 0 Å². The molecule has 5 aliphatic rings. The number of ether oxygens (including phenoxy) is 5. The number of hydrogen-bond donors (Lipinski definition) is 0. The summed E-state index contributed by atoms with van der Waals surface area (Å²) in [6, 6.07) is 30.8. The lowest BCUT2D eigenvalue weighted by Gasteiger charge is -2.61. The quantitative estimate of drug-likeness (QED) is 0.112. The van der Waals surface area contributed by atoms with Crippen molar-refractivity contribution in [3.8, 4) is 0 Å². The number of hydrogen-bond acceptors (Lipinski definition) is 6. The molecule has 0 amide bonds. The molecule has 0 aromatic heterocycles. The first-order chi connectivity index (χ1) is 30.5. The van der Waals surface area contributed by atoms with Crippen molar-refractivity contribution < 1.29 is 28.5 Å². The molecule has 0 spiro atoms. The van der Waals surface area contributed by atoms with Gasteiger partial charge in [0, 0.05) is 12.3 Å². The predicted octanol–water partition coefficient (Wildman–Crippen LogP) is 13.2. The zero-order chi connectivity index (χ0) is 44.0. The molecule has 3 aromatic rings. The summed E-state index contributed by atoms with van der Waals surface area (Å²) in [5.41, 5.74) is 4.12. The number of Topliss-reactive ketones (excluding diaryl/α,β-unsaturated/α-hetero) is 1. The molecular weight excluding hydrogens is 781 g/mol. The normalized spacial score (nSPS) is 35.7. The number of ketones is 1. The van der Waals surface area contributed by atoms with Gasteiger partial charge in [-0.1, -0.05) is 145 Å². The van der Waals surface area contributed by atoms with Gasteiger partial charge in [-0.05, 0) is 134 Å². The topological polar surface area (TPSA) is 63.2 Å². The van der Waals surface area contributed by atoms with Gasteiger partial charge in [0.05, 0.1) is 38.6 Å². The predicted molar refractivity (Wildman–Crippen MR) is 252 cm³/mol. The Labute approximate surface area is 380 Å². The van der Waals surface area contributed by atoms with Crippen molar-refractivity contribution in [2.24, 2.45) is 58.2 Å². The van der Waals surface area contributed by atoms with Crippen LogP contribution in [0.25, 0.3) is 0 Å². The Bertz CT molecular complexity index is 1850. The zero-order valence-corrected chi connectivity index (χ0v) is 39.6. The number of carbonyl (C=O) groups excluding carboxylic acids is 1. The highest BCUT2D eigenvalue weighted by molar-refractivity contribution is 5.75. The van der Waals surface area contributed by atoms with Crippen molar-refractivity contribution in [3.05, 3.63) is 108 Å². The van der Waals surface area contributed by atoms with Crippen LogP contribution in [0, 0.1) is 58.2 Å². The molecule has 5 fully saturated rings. The lowest BCUT2D eigenvalue weighted by molar-refractivity contribution is -0.319. The first-order valence-electron chi connectivity index (χ1n) is 25.2. The van der Waals surface area contributed by atoms with E-state index in [0.717, 1.165) is 65.0 Å². The summed E-state index contributed by atoms with van der Waals surface area (Å²) in [6.07, 6.45) is 14.2. The Balaban J connectivity index is 0.991. The van der Waals surface area contributed by atoms with Gasteiger partial charge in [0.25, 0.3) is 0 Å². The number of fused-ring (bicyclic) bond motifs is 5. The van der Waals surface area contributed by atoms with Crippen LogP contribution in [-0.4, -0.2) is 43.1 Å². The molecule has 6 heteroatoms. The SMILES string of the molecule is CC(=O)C[C@H]1[C@H](O[C@H]2CC[C@@]3(C)[C@@H](CC[C@@H]4[C@@H]3CC[C@]3(C)[C@@H]([C@H](C)CCCC(C)C)CC[C@@H]43)C2)O[C@H](COCc2ccccc2)[C@@H](OCc2ccccc2)[C@@H]1OCc1ccccc1. The Hall–Kier alpha value is -2.87. The fourth-order valence-corrected chi connectivity index (χ4v) is 14.1.